The summed E-state index contributed by atoms with van der Waals surface area (Å²) in [7, 11) is 0. The van der Waals surface area contributed by atoms with Crippen LogP contribution < -0.4 is 10.6 Å². The Balaban J connectivity index is 1.45. The summed E-state index contributed by atoms with van der Waals surface area (Å²) >= 11 is 0. The highest BCUT2D eigenvalue weighted by molar-refractivity contribution is 6.01. The van der Waals surface area contributed by atoms with E-state index in [-0.39, 0.29) is 17.7 Å². The molecule has 1 unspecified atom stereocenters. The van der Waals surface area contributed by atoms with Crippen LogP contribution in [0.2, 0.25) is 0 Å². The van der Waals surface area contributed by atoms with E-state index in [9.17, 15) is 9.59 Å². The fourth-order valence-electron chi connectivity index (χ4n) is 4.17. The maximum atomic E-state index is 13.0. The van der Waals surface area contributed by atoms with Gasteiger partial charge >= 0.3 is 0 Å². The van der Waals surface area contributed by atoms with Crippen LogP contribution in [0.1, 0.15) is 54.9 Å². The lowest BCUT2D eigenvalue weighted by Gasteiger charge is -2.22. The molecule has 7 heteroatoms. The Kier molecular flexibility index (Phi) is 6.87. The molecule has 1 aliphatic rings. The number of benzene rings is 2. The molecule has 4 rings (SSSR count). The smallest absolute Gasteiger partial charge is 0.251 e. The Morgan fingerprint density at radius 3 is 2.52 bits per heavy atom. The van der Waals surface area contributed by atoms with Gasteiger partial charge in [-0.1, -0.05) is 38.0 Å². The number of hydrogen-bond donors (Lipinski definition) is 2. The summed E-state index contributed by atoms with van der Waals surface area (Å²) in [6, 6.07) is 14.3. The van der Waals surface area contributed by atoms with Crippen LogP contribution in [0.3, 0.4) is 0 Å². The number of carbonyl (C=O) groups excluding carboxylic acids is 2. The molecule has 0 spiro atoms. The lowest BCUT2D eigenvalue weighted by Crippen LogP contribution is -2.47. The van der Waals surface area contributed by atoms with Crippen LogP contribution in [-0.4, -0.2) is 32.6 Å². The van der Waals surface area contributed by atoms with E-state index in [2.05, 4.69) is 25.4 Å². The Bertz CT molecular complexity index is 1130. The molecule has 0 radical (unpaired) electrons. The summed E-state index contributed by atoms with van der Waals surface area (Å²) in [6.45, 7) is 6.71. The van der Waals surface area contributed by atoms with Crippen LogP contribution in [0.25, 0.3) is 11.4 Å². The predicted octanol–water partition coefficient (Wildman–Crippen LogP) is 4.37. The molecule has 172 valence electrons. The fraction of sp³-hybridized carbons (Fsp3) is 0.385. The Morgan fingerprint density at radius 1 is 1.00 bits per heavy atom. The van der Waals surface area contributed by atoms with Gasteiger partial charge in [-0.15, -0.1) is 10.2 Å². The topological polar surface area (TPSA) is 88.9 Å². The van der Waals surface area contributed by atoms with E-state index < -0.39 is 6.04 Å². The monoisotopic (exact) mass is 445 g/mol. The number of nitrogens with zero attached hydrogens (tertiary/aromatic N) is 3. The minimum Gasteiger partial charge on any atom is -0.340 e. The van der Waals surface area contributed by atoms with Crippen molar-refractivity contribution in [3.05, 3.63) is 65.5 Å². The number of anilines is 1. The fourth-order valence-corrected chi connectivity index (χ4v) is 4.17. The van der Waals surface area contributed by atoms with Crippen LogP contribution in [0, 0.1) is 12.8 Å². The van der Waals surface area contributed by atoms with Crippen LogP contribution >= 0.6 is 0 Å². The van der Waals surface area contributed by atoms with Crippen molar-refractivity contribution < 1.29 is 9.59 Å². The number of nitrogens with one attached hydrogen (secondary N) is 2. The number of aromatic nitrogens is 3. The molecule has 0 aliphatic carbocycles. The van der Waals surface area contributed by atoms with Crippen LogP contribution in [0.4, 0.5) is 5.69 Å². The number of aryl methyl sites for hydroxylation is 2. The van der Waals surface area contributed by atoms with Crippen LogP contribution in [-0.2, 0) is 17.8 Å². The zero-order chi connectivity index (χ0) is 23.4. The van der Waals surface area contributed by atoms with Crippen molar-refractivity contribution in [2.45, 2.75) is 59.0 Å². The minimum absolute atomic E-state index is 0.0653. The molecule has 1 atom stereocenters. The molecule has 33 heavy (non-hydrogen) atoms. The lowest BCUT2D eigenvalue weighted by molar-refractivity contribution is -0.118. The first kappa shape index (κ1) is 22.7. The van der Waals surface area contributed by atoms with E-state index in [4.69, 9.17) is 0 Å². The molecule has 0 saturated carbocycles. The molecule has 1 aromatic heterocycles. The first-order valence-electron chi connectivity index (χ1n) is 11.6. The number of hydrogen-bond acceptors (Lipinski definition) is 4. The molecule has 7 nitrogen and oxygen atoms in total. The van der Waals surface area contributed by atoms with Crippen LogP contribution in [0.15, 0.2) is 48.5 Å². The van der Waals surface area contributed by atoms with E-state index >= 15 is 0 Å². The first-order chi connectivity index (χ1) is 15.9. The highest BCUT2D eigenvalue weighted by Crippen LogP contribution is 2.24. The third-order valence-electron chi connectivity index (χ3n) is 6.04. The van der Waals surface area contributed by atoms with Gasteiger partial charge in [-0.3, -0.25) is 9.59 Å². The van der Waals surface area contributed by atoms with Gasteiger partial charge in [0.15, 0.2) is 5.82 Å². The molecule has 3 aromatic rings. The van der Waals surface area contributed by atoms with Gasteiger partial charge in [0, 0.05) is 29.8 Å². The maximum Gasteiger partial charge on any atom is 0.251 e. The van der Waals surface area contributed by atoms with Crippen molar-refractivity contribution in [3.8, 4) is 11.4 Å². The molecular formula is C26H31N5O2. The summed E-state index contributed by atoms with van der Waals surface area (Å²) in [4.78, 5) is 25.7. The molecule has 0 fully saturated rings. The highest BCUT2D eigenvalue weighted by Gasteiger charge is 2.25. The number of rotatable bonds is 6. The van der Waals surface area contributed by atoms with Crippen molar-refractivity contribution >= 4 is 17.5 Å². The average Bonchev–Trinajstić information content (AvgIpc) is 3.05. The molecule has 2 heterocycles. The van der Waals surface area contributed by atoms with Gasteiger partial charge in [-0.25, -0.2) is 0 Å². The molecule has 0 bridgehead atoms. The predicted molar refractivity (Wildman–Crippen MR) is 129 cm³/mol. The highest BCUT2D eigenvalue weighted by atomic mass is 16.2. The summed E-state index contributed by atoms with van der Waals surface area (Å²) in [5, 5.41) is 14.6. The third-order valence-corrected chi connectivity index (χ3v) is 6.04. The Labute approximate surface area is 194 Å². The van der Waals surface area contributed by atoms with Gasteiger partial charge in [0.1, 0.15) is 11.9 Å². The van der Waals surface area contributed by atoms with Crippen LogP contribution in [0.5, 0.6) is 0 Å². The van der Waals surface area contributed by atoms with Gasteiger partial charge in [0.05, 0.1) is 0 Å². The zero-order valence-electron chi connectivity index (χ0n) is 19.5. The van der Waals surface area contributed by atoms with E-state index in [0.717, 1.165) is 48.6 Å². The first-order valence-corrected chi connectivity index (χ1v) is 11.6. The Morgan fingerprint density at radius 2 is 1.79 bits per heavy atom. The number of amides is 2. The van der Waals surface area contributed by atoms with Gasteiger partial charge in [0.2, 0.25) is 5.91 Å². The van der Waals surface area contributed by atoms with E-state index in [1.165, 1.54) is 6.42 Å². The summed E-state index contributed by atoms with van der Waals surface area (Å²) in [5.41, 5.74) is 3.19. The van der Waals surface area contributed by atoms with E-state index in [1.807, 2.05) is 63.2 Å². The molecule has 2 aromatic carbocycles. The molecule has 0 saturated heterocycles. The van der Waals surface area contributed by atoms with Crippen molar-refractivity contribution in [1.82, 2.24) is 20.1 Å². The van der Waals surface area contributed by atoms with Crippen molar-refractivity contribution in [1.29, 1.82) is 0 Å². The molecule has 2 N–H and O–H groups in total. The minimum atomic E-state index is -0.648. The van der Waals surface area contributed by atoms with Crippen molar-refractivity contribution in [2.75, 3.05) is 5.32 Å². The second kappa shape index (κ2) is 9.98. The van der Waals surface area contributed by atoms with Crippen molar-refractivity contribution in [2.24, 2.45) is 5.92 Å². The largest absolute Gasteiger partial charge is 0.340 e. The van der Waals surface area contributed by atoms with Gasteiger partial charge in [0.25, 0.3) is 5.91 Å². The Hall–Kier alpha value is -3.48. The third kappa shape index (κ3) is 5.30. The second-order valence-corrected chi connectivity index (χ2v) is 9.03. The van der Waals surface area contributed by atoms with E-state index in [1.54, 1.807) is 6.07 Å². The standard InChI is InChI=1S/C26H31N5O2/c1-17(2)23(28-25(32)20-9-7-8-18(3)16-20)26(33)27-21-13-11-19(12-14-21)24-30-29-22-10-5-4-6-15-31(22)24/h7-9,11-14,16-17,23H,4-6,10,15H2,1-3H3,(H,27,33)(H,28,32). The van der Waals surface area contributed by atoms with Gasteiger partial charge < -0.3 is 15.2 Å². The summed E-state index contributed by atoms with van der Waals surface area (Å²) in [5.74, 6) is 1.36. The second-order valence-electron chi connectivity index (χ2n) is 9.03. The number of carbonyl (C=O) groups is 2. The molecule has 1 aliphatic heterocycles. The average molecular weight is 446 g/mol. The molecular weight excluding hydrogens is 414 g/mol. The summed E-state index contributed by atoms with van der Waals surface area (Å²) in [6.07, 6.45) is 4.47. The van der Waals surface area contributed by atoms with Gasteiger partial charge in [-0.05, 0) is 62.1 Å². The van der Waals surface area contributed by atoms with E-state index in [0.29, 0.717) is 11.3 Å². The lowest BCUT2D eigenvalue weighted by atomic mass is 10.0. The maximum absolute atomic E-state index is 13.0. The number of fused-ring (bicyclic) bond motifs is 1. The van der Waals surface area contributed by atoms with Crippen molar-refractivity contribution in [3.63, 3.8) is 0 Å². The quantitative estimate of drug-likeness (QED) is 0.590. The normalized spacial score (nSPS) is 14.3. The van der Waals surface area contributed by atoms with Gasteiger partial charge in [-0.2, -0.15) is 0 Å². The SMILES string of the molecule is Cc1cccc(C(=O)NC(C(=O)Nc2ccc(-c3nnc4n3CCCCC4)cc2)C(C)C)c1. The zero-order valence-corrected chi connectivity index (χ0v) is 19.5. The summed E-state index contributed by atoms with van der Waals surface area (Å²) < 4.78 is 2.20. The molecule has 2 amide bonds.